The van der Waals surface area contributed by atoms with E-state index in [0.717, 1.165) is 24.2 Å². The van der Waals surface area contributed by atoms with Crippen molar-refractivity contribution in [2.45, 2.75) is 58.4 Å². The van der Waals surface area contributed by atoms with Crippen LogP contribution in [-0.4, -0.2) is 57.9 Å². The maximum atomic E-state index is 13.0. The van der Waals surface area contributed by atoms with Gasteiger partial charge in [0, 0.05) is 25.5 Å². The molecule has 3 rings (SSSR count). The number of nitrogens with one attached hydrogen (secondary N) is 3. The van der Waals surface area contributed by atoms with Crippen LogP contribution in [0.5, 0.6) is 0 Å². The summed E-state index contributed by atoms with van der Waals surface area (Å²) in [6, 6.07) is 1.24. The Bertz CT molecular complexity index is 774. The van der Waals surface area contributed by atoms with Gasteiger partial charge in [-0.2, -0.15) is 0 Å². The second kappa shape index (κ2) is 8.97. The molecule has 1 spiro atoms. The van der Waals surface area contributed by atoms with Crippen molar-refractivity contribution in [2.24, 2.45) is 11.3 Å². The van der Waals surface area contributed by atoms with Crippen LogP contribution < -0.4 is 16.0 Å². The molecule has 4 amide bonds. The topological polar surface area (TPSA) is 116 Å². The van der Waals surface area contributed by atoms with E-state index in [2.05, 4.69) is 46.7 Å². The molecular weight excluding hydrogens is 384 g/mol. The van der Waals surface area contributed by atoms with Gasteiger partial charge in [0.2, 0.25) is 11.9 Å². The molecule has 1 aliphatic carbocycles. The summed E-state index contributed by atoms with van der Waals surface area (Å²) in [5.41, 5.74) is -0.616. The standard InChI is InChI=1S/C21H32N6O3/c1-4-20(2,3)15-6-8-21(9-7-15)17(29)27(19(30)26-21)14-16(28)22-12-13-25-18-23-10-5-11-24-18/h5,10-11,15H,4,6-9,12-14H2,1-3H3,(H,22,28)(H,26,30)(H,23,24,25). The molecule has 0 aromatic carbocycles. The first-order valence-corrected chi connectivity index (χ1v) is 10.7. The highest BCUT2D eigenvalue weighted by Crippen LogP contribution is 2.45. The summed E-state index contributed by atoms with van der Waals surface area (Å²) >= 11 is 0. The first kappa shape index (κ1) is 22.0. The number of aromatic nitrogens is 2. The molecule has 0 atom stereocenters. The van der Waals surface area contributed by atoms with Crippen LogP contribution in [0, 0.1) is 11.3 Å². The molecule has 1 aliphatic heterocycles. The maximum absolute atomic E-state index is 13.0. The second-order valence-corrected chi connectivity index (χ2v) is 8.87. The zero-order chi connectivity index (χ0) is 21.8. The SMILES string of the molecule is CCC(C)(C)C1CCC2(CC1)NC(=O)N(CC(=O)NCCNc1ncccn1)C2=O. The first-order valence-electron chi connectivity index (χ1n) is 10.7. The van der Waals surface area contributed by atoms with Crippen LogP contribution in [0.15, 0.2) is 18.5 Å². The molecular formula is C21H32N6O3. The van der Waals surface area contributed by atoms with Gasteiger partial charge < -0.3 is 16.0 Å². The molecule has 2 heterocycles. The number of imide groups is 1. The summed E-state index contributed by atoms with van der Waals surface area (Å²) in [5.74, 6) is 0.374. The number of carbonyl (C=O) groups is 3. The van der Waals surface area contributed by atoms with E-state index in [1.807, 2.05) is 0 Å². The van der Waals surface area contributed by atoms with E-state index < -0.39 is 11.6 Å². The maximum Gasteiger partial charge on any atom is 0.325 e. The van der Waals surface area contributed by atoms with Crippen LogP contribution in [0.25, 0.3) is 0 Å². The van der Waals surface area contributed by atoms with Crippen molar-refractivity contribution in [3.8, 4) is 0 Å². The van der Waals surface area contributed by atoms with Gasteiger partial charge in [0.15, 0.2) is 0 Å². The number of carbonyl (C=O) groups excluding carboxylic acids is 3. The van der Waals surface area contributed by atoms with Crippen molar-refractivity contribution in [2.75, 3.05) is 25.0 Å². The molecule has 1 saturated heterocycles. The lowest BCUT2D eigenvalue weighted by molar-refractivity contribution is -0.136. The summed E-state index contributed by atoms with van der Waals surface area (Å²) in [4.78, 5) is 46.8. The van der Waals surface area contributed by atoms with Gasteiger partial charge in [0.25, 0.3) is 5.91 Å². The molecule has 0 radical (unpaired) electrons. The fraction of sp³-hybridized carbons (Fsp3) is 0.667. The van der Waals surface area contributed by atoms with Gasteiger partial charge in [-0.05, 0) is 43.1 Å². The highest BCUT2D eigenvalue weighted by atomic mass is 16.2. The summed E-state index contributed by atoms with van der Waals surface area (Å²) in [6.45, 7) is 7.22. The number of amides is 4. The molecule has 9 nitrogen and oxygen atoms in total. The normalized spacial score (nSPS) is 24.1. The molecule has 1 saturated carbocycles. The predicted molar refractivity (Wildman–Crippen MR) is 113 cm³/mol. The van der Waals surface area contributed by atoms with Crippen molar-refractivity contribution < 1.29 is 14.4 Å². The number of urea groups is 1. The van der Waals surface area contributed by atoms with Crippen molar-refractivity contribution in [3.05, 3.63) is 18.5 Å². The third-order valence-electron chi connectivity index (χ3n) is 6.70. The molecule has 3 N–H and O–H groups in total. The lowest BCUT2D eigenvalue weighted by atomic mass is 9.65. The van der Waals surface area contributed by atoms with Gasteiger partial charge >= 0.3 is 6.03 Å². The van der Waals surface area contributed by atoms with E-state index in [1.54, 1.807) is 18.5 Å². The van der Waals surface area contributed by atoms with Gasteiger partial charge in [-0.15, -0.1) is 0 Å². The van der Waals surface area contributed by atoms with Gasteiger partial charge in [-0.3, -0.25) is 14.5 Å². The van der Waals surface area contributed by atoms with E-state index in [4.69, 9.17) is 0 Å². The quantitative estimate of drug-likeness (QED) is 0.440. The van der Waals surface area contributed by atoms with Crippen LogP contribution in [0.3, 0.4) is 0 Å². The fourth-order valence-corrected chi connectivity index (χ4v) is 4.31. The highest BCUT2D eigenvalue weighted by Gasteiger charge is 2.53. The fourth-order valence-electron chi connectivity index (χ4n) is 4.31. The van der Waals surface area contributed by atoms with E-state index in [1.165, 1.54) is 0 Å². The van der Waals surface area contributed by atoms with E-state index in [0.29, 0.717) is 37.8 Å². The van der Waals surface area contributed by atoms with Crippen LogP contribution in [0.4, 0.5) is 10.7 Å². The molecule has 9 heteroatoms. The van der Waals surface area contributed by atoms with E-state index in [-0.39, 0.29) is 23.8 Å². The number of hydrogen-bond acceptors (Lipinski definition) is 6. The Morgan fingerprint density at radius 3 is 2.53 bits per heavy atom. The highest BCUT2D eigenvalue weighted by molar-refractivity contribution is 6.09. The van der Waals surface area contributed by atoms with Gasteiger partial charge in [0.05, 0.1) is 0 Å². The van der Waals surface area contributed by atoms with Crippen molar-refractivity contribution in [3.63, 3.8) is 0 Å². The Morgan fingerprint density at radius 2 is 1.90 bits per heavy atom. The Labute approximate surface area is 177 Å². The van der Waals surface area contributed by atoms with E-state index >= 15 is 0 Å². The number of nitrogens with zero attached hydrogens (tertiary/aromatic N) is 3. The molecule has 0 unspecified atom stereocenters. The zero-order valence-corrected chi connectivity index (χ0v) is 18.0. The summed E-state index contributed by atoms with van der Waals surface area (Å²) in [6.07, 6.45) is 7.40. The van der Waals surface area contributed by atoms with Crippen LogP contribution in [0.1, 0.15) is 52.9 Å². The van der Waals surface area contributed by atoms with Gasteiger partial charge in [0.1, 0.15) is 12.1 Å². The zero-order valence-electron chi connectivity index (χ0n) is 18.0. The summed E-state index contributed by atoms with van der Waals surface area (Å²) in [5, 5.41) is 8.58. The lowest BCUT2D eigenvalue weighted by Crippen LogP contribution is -2.51. The molecule has 1 aromatic heterocycles. The number of hydrogen-bond donors (Lipinski definition) is 3. The molecule has 2 aliphatic rings. The number of rotatable bonds is 8. The Kier molecular flexibility index (Phi) is 6.58. The largest absolute Gasteiger partial charge is 0.353 e. The lowest BCUT2D eigenvalue weighted by Gasteiger charge is -2.42. The molecule has 0 bridgehead atoms. The van der Waals surface area contributed by atoms with Gasteiger partial charge in [-0.25, -0.2) is 14.8 Å². The molecule has 164 valence electrons. The molecule has 2 fully saturated rings. The Balaban J connectivity index is 1.47. The van der Waals surface area contributed by atoms with Crippen molar-refractivity contribution in [1.29, 1.82) is 0 Å². The Morgan fingerprint density at radius 1 is 1.23 bits per heavy atom. The van der Waals surface area contributed by atoms with Crippen molar-refractivity contribution >= 4 is 23.8 Å². The number of anilines is 1. The van der Waals surface area contributed by atoms with E-state index in [9.17, 15) is 14.4 Å². The van der Waals surface area contributed by atoms with Crippen LogP contribution >= 0.6 is 0 Å². The van der Waals surface area contributed by atoms with Crippen LogP contribution in [0.2, 0.25) is 0 Å². The predicted octanol–water partition coefficient (Wildman–Crippen LogP) is 1.92. The third kappa shape index (κ3) is 4.71. The average Bonchev–Trinajstić information content (AvgIpc) is 2.96. The summed E-state index contributed by atoms with van der Waals surface area (Å²) in [7, 11) is 0. The molecule has 1 aromatic rings. The monoisotopic (exact) mass is 416 g/mol. The average molecular weight is 417 g/mol. The second-order valence-electron chi connectivity index (χ2n) is 8.87. The summed E-state index contributed by atoms with van der Waals surface area (Å²) < 4.78 is 0. The smallest absolute Gasteiger partial charge is 0.325 e. The van der Waals surface area contributed by atoms with Crippen LogP contribution in [-0.2, 0) is 9.59 Å². The van der Waals surface area contributed by atoms with Crippen molar-refractivity contribution in [1.82, 2.24) is 25.5 Å². The molecule has 30 heavy (non-hydrogen) atoms. The minimum absolute atomic E-state index is 0.228. The Hall–Kier alpha value is -2.71. The minimum Gasteiger partial charge on any atom is -0.353 e. The third-order valence-corrected chi connectivity index (χ3v) is 6.70. The minimum atomic E-state index is -0.843. The van der Waals surface area contributed by atoms with Gasteiger partial charge in [-0.1, -0.05) is 27.2 Å². The first-order chi connectivity index (χ1) is 14.3.